The van der Waals surface area contributed by atoms with Crippen LogP contribution in [0.4, 0.5) is 5.69 Å². The first kappa shape index (κ1) is 17.2. The van der Waals surface area contributed by atoms with Crippen LogP contribution in [0.1, 0.15) is 23.2 Å². The van der Waals surface area contributed by atoms with Gasteiger partial charge in [-0.1, -0.05) is 0 Å². The molecule has 1 aliphatic rings. The van der Waals surface area contributed by atoms with Gasteiger partial charge in [-0.25, -0.2) is 0 Å². The second kappa shape index (κ2) is 7.98. The van der Waals surface area contributed by atoms with Crippen molar-refractivity contribution in [3.8, 4) is 11.5 Å². The molecule has 3 rings (SSSR count). The van der Waals surface area contributed by atoms with Crippen LogP contribution < -0.4 is 9.64 Å². The Labute approximate surface area is 147 Å². The first-order valence-corrected chi connectivity index (χ1v) is 8.51. The average molecular weight is 341 g/mol. The lowest BCUT2D eigenvalue weighted by Crippen LogP contribution is -2.26. The lowest BCUT2D eigenvalue weighted by molar-refractivity contribution is 0.0992. The second-order valence-corrected chi connectivity index (χ2v) is 6.19. The Balaban J connectivity index is 1.56. The van der Waals surface area contributed by atoms with E-state index in [1.54, 1.807) is 7.05 Å². The number of carbonyl (C=O) groups is 1. The van der Waals surface area contributed by atoms with Gasteiger partial charge in [0.25, 0.3) is 5.91 Å². The molecule has 132 valence electrons. The molecule has 6 heteroatoms. The molecule has 1 aromatic heterocycles. The monoisotopic (exact) mass is 341 g/mol. The first-order valence-electron chi connectivity index (χ1n) is 8.51. The third-order valence-electron chi connectivity index (χ3n) is 4.37. The van der Waals surface area contributed by atoms with E-state index in [0.29, 0.717) is 12.2 Å². The number of nitrogens with zero attached hydrogens (tertiary/aromatic N) is 3. The molecule has 0 spiro atoms. The standard InChI is InChI=1S/C19H23N3O3/c1-21(19(24)15-12-17(23)14-20-13-15)16-4-6-18(7-5-16)25-11-10-22-8-2-3-9-22/h4-7,12-14,23H,2-3,8-11H2,1H3. The second-order valence-electron chi connectivity index (χ2n) is 6.19. The van der Waals surface area contributed by atoms with Crippen LogP contribution in [0.2, 0.25) is 0 Å². The first-order chi connectivity index (χ1) is 12.1. The van der Waals surface area contributed by atoms with Crippen molar-refractivity contribution in [3.05, 3.63) is 48.3 Å². The molecule has 0 unspecified atom stereocenters. The number of amides is 1. The predicted molar refractivity (Wildman–Crippen MR) is 96.2 cm³/mol. The minimum atomic E-state index is -0.230. The summed E-state index contributed by atoms with van der Waals surface area (Å²) in [6, 6.07) is 8.83. The molecule has 0 atom stereocenters. The number of hydrogen-bond acceptors (Lipinski definition) is 5. The van der Waals surface area contributed by atoms with Crippen LogP contribution >= 0.6 is 0 Å². The number of aromatic nitrogens is 1. The highest BCUT2D eigenvalue weighted by atomic mass is 16.5. The number of rotatable bonds is 6. The van der Waals surface area contributed by atoms with Crippen molar-refractivity contribution >= 4 is 11.6 Å². The minimum Gasteiger partial charge on any atom is -0.506 e. The van der Waals surface area contributed by atoms with Crippen molar-refractivity contribution in [2.75, 3.05) is 38.2 Å². The van der Waals surface area contributed by atoms with E-state index in [1.807, 2.05) is 24.3 Å². The SMILES string of the molecule is CN(C(=O)c1cncc(O)c1)c1ccc(OCCN2CCCC2)cc1. The molecule has 1 aliphatic heterocycles. The van der Waals surface area contributed by atoms with Crippen molar-refractivity contribution in [1.29, 1.82) is 0 Å². The molecule has 1 N–H and O–H groups in total. The Morgan fingerprint density at radius 3 is 2.64 bits per heavy atom. The molecule has 25 heavy (non-hydrogen) atoms. The zero-order valence-corrected chi connectivity index (χ0v) is 14.4. The fourth-order valence-corrected chi connectivity index (χ4v) is 2.92. The average Bonchev–Trinajstić information content (AvgIpc) is 3.14. The molecule has 1 aromatic carbocycles. The third kappa shape index (κ3) is 4.48. The molecule has 0 aliphatic carbocycles. The van der Waals surface area contributed by atoms with Gasteiger partial charge in [0.2, 0.25) is 0 Å². The van der Waals surface area contributed by atoms with Crippen LogP contribution in [0.25, 0.3) is 0 Å². The van der Waals surface area contributed by atoms with Gasteiger partial charge < -0.3 is 14.7 Å². The van der Waals surface area contributed by atoms with Gasteiger partial charge in [0.05, 0.1) is 11.8 Å². The summed E-state index contributed by atoms with van der Waals surface area (Å²) in [6.07, 6.45) is 5.30. The Bertz CT molecular complexity index is 712. The topological polar surface area (TPSA) is 65.9 Å². The number of carbonyl (C=O) groups excluding carboxylic acids is 1. The van der Waals surface area contributed by atoms with Gasteiger partial charge in [0.15, 0.2) is 0 Å². The molecular formula is C19H23N3O3. The molecule has 2 heterocycles. The van der Waals surface area contributed by atoms with Gasteiger partial charge in [0, 0.05) is 25.5 Å². The maximum Gasteiger partial charge on any atom is 0.259 e. The summed E-state index contributed by atoms with van der Waals surface area (Å²) in [7, 11) is 1.69. The third-order valence-corrected chi connectivity index (χ3v) is 4.37. The molecule has 0 saturated carbocycles. The summed E-state index contributed by atoms with van der Waals surface area (Å²) in [6.45, 7) is 3.95. The maximum absolute atomic E-state index is 12.4. The smallest absolute Gasteiger partial charge is 0.259 e. The number of anilines is 1. The largest absolute Gasteiger partial charge is 0.506 e. The summed E-state index contributed by atoms with van der Waals surface area (Å²) in [4.78, 5) is 20.2. The minimum absolute atomic E-state index is 0.0269. The van der Waals surface area contributed by atoms with Gasteiger partial charge in [-0.3, -0.25) is 14.7 Å². The van der Waals surface area contributed by atoms with Crippen LogP contribution in [0.5, 0.6) is 11.5 Å². The Kier molecular flexibility index (Phi) is 5.50. The summed E-state index contributed by atoms with van der Waals surface area (Å²) < 4.78 is 5.78. The van der Waals surface area contributed by atoms with Crippen LogP contribution in [0.15, 0.2) is 42.7 Å². The zero-order chi connectivity index (χ0) is 17.6. The number of benzene rings is 1. The molecule has 1 saturated heterocycles. The van der Waals surface area contributed by atoms with E-state index in [0.717, 1.165) is 18.0 Å². The molecule has 0 bridgehead atoms. The normalized spacial score (nSPS) is 14.4. The van der Waals surface area contributed by atoms with E-state index in [2.05, 4.69) is 9.88 Å². The van der Waals surface area contributed by atoms with E-state index in [1.165, 1.54) is 49.3 Å². The van der Waals surface area contributed by atoms with Gasteiger partial charge in [0.1, 0.15) is 18.1 Å². The highest BCUT2D eigenvalue weighted by Crippen LogP contribution is 2.21. The number of hydrogen-bond donors (Lipinski definition) is 1. The Morgan fingerprint density at radius 2 is 1.96 bits per heavy atom. The summed E-state index contributed by atoms with van der Waals surface area (Å²) in [5, 5.41) is 9.46. The number of aromatic hydroxyl groups is 1. The Morgan fingerprint density at radius 1 is 1.24 bits per heavy atom. The number of ether oxygens (including phenoxy) is 1. The van der Waals surface area contributed by atoms with E-state index in [9.17, 15) is 9.90 Å². The fraction of sp³-hybridized carbons (Fsp3) is 0.368. The quantitative estimate of drug-likeness (QED) is 0.875. The van der Waals surface area contributed by atoms with Crippen LogP contribution in [-0.4, -0.2) is 54.2 Å². The van der Waals surface area contributed by atoms with Crippen LogP contribution in [-0.2, 0) is 0 Å². The van der Waals surface area contributed by atoms with Crippen molar-refractivity contribution in [2.45, 2.75) is 12.8 Å². The summed E-state index contributed by atoms with van der Waals surface area (Å²) in [5.74, 6) is 0.537. The van der Waals surface area contributed by atoms with E-state index in [-0.39, 0.29) is 11.7 Å². The van der Waals surface area contributed by atoms with Crippen LogP contribution in [0.3, 0.4) is 0 Å². The lowest BCUT2D eigenvalue weighted by Gasteiger charge is -2.18. The summed E-state index contributed by atoms with van der Waals surface area (Å²) >= 11 is 0. The van der Waals surface area contributed by atoms with Crippen molar-refractivity contribution in [1.82, 2.24) is 9.88 Å². The summed E-state index contributed by atoms with van der Waals surface area (Å²) in [5.41, 5.74) is 1.09. The fourth-order valence-electron chi connectivity index (χ4n) is 2.92. The van der Waals surface area contributed by atoms with Crippen LogP contribution in [0, 0.1) is 0 Å². The van der Waals surface area contributed by atoms with E-state index < -0.39 is 0 Å². The van der Waals surface area contributed by atoms with Crippen molar-refractivity contribution in [3.63, 3.8) is 0 Å². The van der Waals surface area contributed by atoms with E-state index >= 15 is 0 Å². The van der Waals surface area contributed by atoms with Gasteiger partial charge in [-0.05, 0) is 56.3 Å². The number of pyridine rings is 1. The molecule has 6 nitrogen and oxygen atoms in total. The van der Waals surface area contributed by atoms with Gasteiger partial charge in [-0.2, -0.15) is 0 Å². The highest BCUT2D eigenvalue weighted by Gasteiger charge is 2.15. The molecule has 2 aromatic rings. The van der Waals surface area contributed by atoms with Gasteiger partial charge >= 0.3 is 0 Å². The molecule has 1 amide bonds. The highest BCUT2D eigenvalue weighted by molar-refractivity contribution is 6.05. The zero-order valence-electron chi connectivity index (χ0n) is 14.4. The molecule has 0 radical (unpaired) electrons. The number of likely N-dealkylation sites (tertiary alicyclic amines) is 1. The van der Waals surface area contributed by atoms with Crippen molar-refractivity contribution < 1.29 is 14.6 Å². The van der Waals surface area contributed by atoms with Crippen molar-refractivity contribution in [2.24, 2.45) is 0 Å². The maximum atomic E-state index is 12.4. The molecule has 1 fully saturated rings. The van der Waals surface area contributed by atoms with E-state index in [4.69, 9.17) is 4.74 Å². The predicted octanol–water partition coefficient (Wildman–Crippen LogP) is 2.54. The van der Waals surface area contributed by atoms with Gasteiger partial charge in [-0.15, -0.1) is 0 Å². The lowest BCUT2D eigenvalue weighted by atomic mass is 10.2. The molecular weight excluding hydrogens is 318 g/mol. The Hall–Kier alpha value is -2.60.